The zero-order chi connectivity index (χ0) is 21.4. The van der Waals surface area contributed by atoms with Crippen molar-refractivity contribution in [3.05, 3.63) is 82.8 Å². The Labute approximate surface area is 184 Å². The Morgan fingerprint density at radius 3 is 2.90 bits per heavy atom. The number of benzene rings is 2. The Balaban J connectivity index is 1.33. The van der Waals surface area contributed by atoms with E-state index in [9.17, 15) is 4.79 Å². The summed E-state index contributed by atoms with van der Waals surface area (Å²) in [6, 6.07) is 17.8. The number of nitrogens with one attached hydrogen (secondary N) is 2. The van der Waals surface area contributed by atoms with Crippen LogP contribution >= 0.6 is 11.6 Å². The van der Waals surface area contributed by atoms with Crippen molar-refractivity contribution in [3.8, 4) is 11.4 Å². The Kier molecular flexibility index (Phi) is 4.95. The summed E-state index contributed by atoms with van der Waals surface area (Å²) < 4.78 is 5.52. The van der Waals surface area contributed by atoms with E-state index in [4.69, 9.17) is 16.0 Å². The molecule has 1 aliphatic heterocycles. The van der Waals surface area contributed by atoms with E-state index in [2.05, 4.69) is 50.5 Å². The minimum Gasteiger partial charge on any atom is -0.459 e. The summed E-state index contributed by atoms with van der Waals surface area (Å²) in [5.74, 6) is 0.482. The highest BCUT2D eigenvalue weighted by Gasteiger charge is 2.28. The van der Waals surface area contributed by atoms with Crippen LogP contribution in [0.4, 0.5) is 11.6 Å². The molecule has 8 heteroatoms. The zero-order valence-electron chi connectivity index (χ0n) is 16.8. The molecule has 4 aromatic rings. The summed E-state index contributed by atoms with van der Waals surface area (Å²) in [6.45, 7) is 2.76. The molecular weight excluding hydrogens is 414 g/mol. The molecule has 0 spiro atoms. The van der Waals surface area contributed by atoms with E-state index in [0.29, 0.717) is 29.0 Å². The van der Waals surface area contributed by atoms with Gasteiger partial charge in [0.1, 0.15) is 0 Å². The first-order valence-electron chi connectivity index (χ1n) is 9.99. The number of H-pyrrole nitrogens is 1. The lowest BCUT2D eigenvalue weighted by Crippen LogP contribution is -2.29. The monoisotopic (exact) mass is 433 g/mol. The summed E-state index contributed by atoms with van der Waals surface area (Å²) >= 11 is 6.21. The molecule has 2 aromatic carbocycles. The number of nitrogens with zero attached hydrogens (tertiary/aromatic N) is 3. The van der Waals surface area contributed by atoms with Crippen molar-refractivity contribution < 1.29 is 9.21 Å². The number of furan rings is 1. The molecule has 0 saturated heterocycles. The van der Waals surface area contributed by atoms with Gasteiger partial charge in [-0.05, 0) is 43.2 Å². The standard InChI is InChI=1S/C23H20ClN5O2/c1-14-12-15-6-2-5-9-19(15)29(14)13-16-10-11-31-20(16)22(30)26-23-25-21(27-28-23)17-7-3-4-8-18(17)24/h2-11,14H,12-13H2,1H3,(H2,25,26,27,28,30). The number of hydrogen-bond acceptors (Lipinski definition) is 5. The number of aromatic nitrogens is 3. The largest absolute Gasteiger partial charge is 0.459 e. The van der Waals surface area contributed by atoms with Crippen LogP contribution in [0.15, 0.2) is 65.3 Å². The predicted molar refractivity (Wildman–Crippen MR) is 119 cm³/mol. The van der Waals surface area contributed by atoms with Gasteiger partial charge >= 0.3 is 0 Å². The van der Waals surface area contributed by atoms with Crippen LogP contribution in [0.25, 0.3) is 11.4 Å². The zero-order valence-corrected chi connectivity index (χ0v) is 17.6. The average molecular weight is 434 g/mol. The second kappa shape index (κ2) is 7.92. The Morgan fingerprint density at radius 1 is 1.23 bits per heavy atom. The lowest BCUT2D eigenvalue weighted by Gasteiger charge is -2.24. The fourth-order valence-corrected chi connectivity index (χ4v) is 4.19. The van der Waals surface area contributed by atoms with Crippen LogP contribution in [0, 0.1) is 0 Å². The minimum absolute atomic E-state index is 0.155. The number of halogens is 1. The minimum atomic E-state index is -0.398. The number of fused-ring (bicyclic) bond motifs is 1. The van der Waals surface area contributed by atoms with Crippen LogP contribution in [0.3, 0.4) is 0 Å². The number of aromatic amines is 1. The van der Waals surface area contributed by atoms with Gasteiger partial charge in [0.15, 0.2) is 11.6 Å². The van der Waals surface area contributed by atoms with E-state index in [1.807, 2.05) is 30.3 Å². The summed E-state index contributed by atoms with van der Waals surface area (Å²) in [5, 5.41) is 10.1. The van der Waals surface area contributed by atoms with Gasteiger partial charge < -0.3 is 9.32 Å². The van der Waals surface area contributed by atoms with Crippen LogP contribution in [0.2, 0.25) is 5.02 Å². The molecule has 1 amide bonds. The summed E-state index contributed by atoms with van der Waals surface area (Å²) in [7, 11) is 0. The van der Waals surface area contributed by atoms with Gasteiger partial charge in [0.25, 0.3) is 5.91 Å². The highest BCUT2D eigenvalue weighted by atomic mass is 35.5. The van der Waals surface area contributed by atoms with E-state index in [0.717, 1.165) is 12.0 Å². The third-order valence-electron chi connectivity index (χ3n) is 5.48. The van der Waals surface area contributed by atoms with Gasteiger partial charge in [-0.15, -0.1) is 5.10 Å². The van der Waals surface area contributed by atoms with Crippen molar-refractivity contribution in [2.45, 2.75) is 25.9 Å². The predicted octanol–water partition coefficient (Wildman–Crippen LogP) is 4.92. The fraction of sp³-hybridized carbons (Fsp3) is 0.174. The Hall–Kier alpha value is -3.58. The normalized spacial score (nSPS) is 15.2. The Bertz CT molecular complexity index is 1250. The fourth-order valence-electron chi connectivity index (χ4n) is 3.96. The first-order chi connectivity index (χ1) is 15.1. The van der Waals surface area contributed by atoms with Crippen LogP contribution in [-0.2, 0) is 13.0 Å². The first-order valence-corrected chi connectivity index (χ1v) is 10.4. The molecule has 31 heavy (non-hydrogen) atoms. The topological polar surface area (TPSA) is 87.0 Å². The number of para-hydroxylation sites is 1. The van der Waals surface area contributed by atoms with Crippen molar-refractivity contribution in [2.24, 2.45) is 0 Å². The van der Waals surface area contributed by atoms with Crippen LogP contribution in [-0.4, -0.2) is 27.1 Å². The molecule has 0 aliphatic carbocycles. The molecular formula is C23H20ClN5O2. The summed E-state index contributed by atoms with van der Waals surface area (Å²) in [5.41, 5.74) is 4.03. The van der Waals surface area contributed by atoms with Crippen LogP contribution in [0.1, 0.15) is 28.6 Å². The quantitative estimate of drug-likeness (QED) is 0.466. The molecule has 0 fully saturated rings. The highest BCUT2D eigenvalue weighted by Crippen LogP contribution is 2.33. The molecule has 1 unspecified atom stereocenters. The molecule has 0 saturated carbocycles. The number of carbonyl (C=O) groups excluding carboxylic acids is 1. The van der Waals surface area contributed by atoms with Crippen molar-refractivity contribution in [1.29, 1.82) is 0 Å². The van der Waals surface area contributed by atoms with E-state index in [1.54, 1.807) is 6.07 Å². The third-order valence-corrected chi connectivity index (χ3v) is 5.81. The lowest BCUT2D eigenvalue weighted by molar-refractivity contribution is 0.0994. The van der Waals surface area contributed by atoms with Gasteiger partial charge in [-0.3, -0.25) is 15.2 Å². The Morgan fingerprint density at radius 2 is 2.03 bits per heavy atom. The molecule has 2 aromatic heterocycles. The molecule has 2 N–H and O–H groups in total. The van der Waals surface area contributed by atoms with E-state index in [-0.39, 0.29) is 11.7 Å². The van der Waals surface area contributed by atoms with E-state index >= 15 is 0 Å². The second-order valence-electron chi connectivity index (χ2n) is 7.53. The average Bonchev–Trinajstić information content (AvgIpc) is 3.48. The van der Waals surface area contributed by atoms with Gasteiger partial charge in [0.2, 0.25) is 5.95 Å². The van der Waals surface area contributed by atoms with Crippen molar-refractivity contribution in [1.82, 2.24) is 15.2 Å². The number of amides is 1. The maximum Gasteiger partial charge on any atom is 0.294 e. The lowest BCUT2D eigenvalue weighted by atomic mass is 10.1. The van der Waals surface area contributed by atoms with Gasteiger partial charge in [0, 0.05) is 29.4 Å². The second-order valence-corrected chi connectivity index (χ2v) is 7.93. The maximum absolute atomic E-state index is 12.9. The number of carbonyl (C=O) groups is 1. The molecule has 3 heterocycles. The van der Waals surface area contributed by atoms with Crippen molar-refractivity contribution in [3.63, 3.8) is 0 Å². The number of hydrogen-bond donors (Lipinski definition) is 2. The van der Waals surface area contributed by atoms with Gasteiger partial charge in [-0.1, -0.05) is 41.9 Å². The highest BCUT2D eigenvalue weighted by molar-refractivity contribution is 6.33. The molecule has 1 aliphatic rings. The summed E-state index contributed by atoms with van der Waals surface area (Å²) in [4.78, 5) is 19.5. The smallest absolute Gasteiger partial charge is 0.294 e. The summed E-state index contributed by atoms with van der Waals surface area (Å²) in [6.07, 6.45) is 2.52. The molecule has 1 atom stereocenters. The van der Waals surface area contributed by atoms with Gasteiger partial charge in [0.05, 0.1) is 11.3 Å². The van der Waals surface area contributed by atoms with E-state index < -0.39 is 5.91 Å². The van der Waals surface area contributed by atoms with Crippen LogP contribution in [0.5, 0.6) is 0 Å². The molecule has 0 radical (unpaired) electrons. The van der Waals surface area contributed by atoms with Crippen molar-refractivity contribution >= 4 is 29.1 Å². The number of rotatable bonds is 5. The third kappa shape index (κ3) is 3.68. The molecule has 5 rings (SSSR count). The van der Waals surface area contributed by atoms with E-state index in [1.165, 1.54) is 17.5 Å². The van der Waals surface area contributed by atoms with Gasteiger partial charge in [-0.25, -0.2) is 0 Å². The van der Waals surface area contributed by atoms with Crippen molar-refractivity contribution in [2.75, 3.05) is 10.2 Å². The van der Waals surface area contributed by atoms with Gasteiger partial charge in [-0.2, -0.15) is 4.98 Å². The van der Waals surface area contributed by atoms with Crippen LogP contribution < -0.4 is 10.2 Å². The number of anilines is 2. The molecule has 0 bridgehead atoms. The first kappa shape index (κ1) is 19.4. The SMILES string of the molecule is CC1Cc2ccccc2N1Cc1ccoc1C(=O)Nc1n[nH]c(-c2ccccc2Cl)n1. The molecule has 156 valence electrons. The maximum atomic E-state index is 12.9. The molecule has 7 nitrogen and oxygen atoms in total.